The molecule has 0 aromatic carbocycles. The molecule has 0 spiro atoms. The topological polar surface area (TPSA) is 76.7 Å². The first-order chi connectivity index (χ1) is 8.60. The van der Waals surface area contributed by atoms with Crippen molar-refractivity contribution in [2.24, 2.45) is 0 Å². The fraction of sp³-hybridized carbons (Fsp3) is 0.417. The van der Waals surface area contributed by atoms with E-state index < -0.39 is 0 Å². The fourth-order valence-electron chi connectivity index (χ4n) is 1.63. The van der Waals surface area contributed by atoms with Gasteiger partial charge in [0.2, 0.25) is 11.9 Å². The van der Waals surface area contributed by atoms with Gasteiger partial charge in [0, 0.05) is 0 Å². The fourth-order valence-corrected chi connectivity index (χ4v) is 2.53. The Kier molecular flexibility index (Phi) is 5.17. The van der Waals surface area contributed by atoms with Crippen LogP contribution in [0.1, 0.15) is 37.5 Å². The van der Waals surface area contributed by atoms with Crippen LogP contribution in [0.25, 0.3) is 0 Å². The van der Waals surface area contributed by atoms with E-state index in [1.807, 2.05) is 6.92 Å². The van der Waals surface area contributed by atoms with Gasteiger partial charge in [-0.3, -0.25) is 0 Å². The molecular weight excluding hydrogens is 265 g/mol. The van der Waals surface area contributed by atoms with Crippen LogP contribution in [0.2, 0.25) is 0 Å². The standard InChI is InChI=1S/C11H14FN5S.CH4/c1-3-8(9-7(12)4-5-18-9)16-11-15-6(2)14-10(13)17-11;/h4-5,8H,3H2,1-2H3,(H3,13,14,15,16,17);1H4. The first kappa shape index (κ1) is 15.3. The third-order valence-corrected chi connectivity index (χ3v) is 3.44. The molecule has 2 rings (SSSR count). The second-order valence-corrected chi connectivity index (χ2v) is 4.75. The van der Waals surface area contributed by atoms with Crippen LogP contribution in [0, 0.1) is 12.7 Å². The van der Waals surface area contributed by atoms with Crippen LogP contribution in [0.4, 0.5) is 16.3 Å². The van der Waals surface area contributed by atoms with Crippen LogP contribution in [-0.4, -0.2) is 15.0 Å². The average molecular weight is 283 g/mol. The van der Waals surface area contributed by atoms with Gasteiger partial charge in [0.1, 0.15) is 11.6 Å². The van der Waals surface area contributed by atoms with Gasteiger partial charge in [-0.25, -0.2) is 4.39 Å². The molecule has 0 saturated carbocycles. The predicted octanol–water partition coefficient (Wildman–Crippen LogP) is 3.16. The van der Waals surface area contributed by atoms with Crippen LogP contribution >= 0.6 is 11.3 Å². The minimum Gasteiger partial charge on any atom is -0.368 e. The number of nitrogens with zero attached hydrogens (tertiary/aromatic N) is 3. The monoisotopic (exact) mass is 283 g/mol. The lowest BCUT2D eigenvalue weighted by molar-refractivity contribution is 0.597. The highest BCUT2D eigenvalue weighted by atomic mass is 32.1. The van der Waals surface area contributed by atoms with Crippen molar-refractivity contribution in [2.45, 2.75) is 33.7 Å². The molecule has 2 aromatic rings. The van der Waals surface area contributed by atoms with Gasteiger partial charge in [-0.1, -0.05) is 14.4 Å². The van der Waals surface area contributed by atoms with Crippen molar-refractivity contribution in [3.05, 3.63) is 28.0 Å². The molecule has 7 heteroatoms. The summed E-state index contributed by atoms with van der Waals surface area (Å²) in [5, 5.41) is 4.81. The number of hydrogen-bond acceptors (Lipinski definition) is 6. The molecule has 0 radical (unpaired) electrons. The Hall–Kier alpha value is -1.76. The summed E-state index contributed by atoms with van der Waals surface area (Å²) in [5.41, 5.74) is 5.55. The van der Waals surface area contributed by atoms with Gasteiger partial charge >= 0.3 is 0 Å². The number of hydrogen-bond donors (Lipinski definition) is 2. The molecule has 0 amide bonds. The lowest BCUT2D eigenvalue weighted by Crippen LogP contribution is -2.14. The molecule has 0 aliphatic rings. The second-order valence-electron chi connectivity index (χ2n) is 3.80. The molecule has 104 valence electrons. The first-order valence-electron chi connectivity index (χ1n) is 5.57. The van der Waals surface area contributed by atoms with E-state index in [0.717, 1.165) is 6.42 Å². The molecule has 19 heavy (non-hydrogen) atoms. The molecule has 3 N–H and O–H groups in total. The highest BCUT2D eigenvalue weighted by Gasteiger charge is 2.16. The summed E-state index contributed by atoms with van der Waals surface area (Å²) in [5.74, 6) is 0.857. The van der Waals surface area contributed by atoms with Crippen molar-refractivity contribution < 1.29 is 4.39 Å². The highest BCUT2D eigenvalue weighted by Crippen LogP contribution is 2.27. The lowest BCUT2D eigenvalue weighted by Gasteiger charge is -2.15. The number of rotatable bonds is 4. The first-order valence-corrected chi connectivity index (χ1v) is 6.45. The van der Waals surface area contributed by atoms with Crippen LogP contribution in [0.15, 0.2) is 11.4 Å². The minimum absolute atomic E-state index is 0. The lowest BCUT2D eigenvalue weighted by atomic mass is 10.2. The number of aromatic nitrogens is 3. The van der Waals surface area contributed by atoms with Crippen molar-refractivity contribution in [1.82, 2.24) is 15.0 Å². The van der Waals surface area contributed by atoms with Gasteiger partial charge in [0.15, 0.2) is 0 Å². The number of nitrogens with two attached hydrogens (primary N) is 1. The van der Waals surface area contributed by atoms with Crippen molar-refractivity contribution >= 4 is 23.2 Å². The second kappa shape index (κ2) is 6.42. The van der Waals surface area contributed by atoms with Gasteiger partial charge in [-0.05, 0) is 24.8 Å². The zero-order valence-electron chi connectivity index (χ0n) is 10.1. The molecule has 0 aliphatic carbocycles. The van der Waals surface area contributed by atoms with E-state index in [1.54, 1.807) is 12.3 Å². The van der Waals surface area contributed by atoms with Gasteiger partial charge in [-0.15, -0.1) is 11.3 Å². The highest BCUT2D eigenvalue weighted by molar-refractivity contribution is 7.10. The summed E-state index contributed by atoms with van der Waals surface area (Å²) in [6.45, 7) is 3.70. The van der Waals surface area contributed by atoms with Crippen LogP contribution in [-0.2, 0) is 0 Å². The molecule has 0 aliphatic heterocycles. The van der Waals surface area contributed by atoms with E-state index in [1.165, 1.54) is 17.4 Å². The van der Waals surface area contributed by atoms with E-state index >= 15 is 0 Å². The third kappa shape index (κ3) is 3.60. The largest absolute Gasteiger partial charge is 0.368 e. The number of aryl methyl sites for hydroxylation is 1. The number of anilines is 2. The van der Waals surface area contributed by atoms with E-state index in [-0.39, 0.29) is 25.2 Å². The summed E-state index contributed by atoms with van der Waals surface area (Å²) in [6, 6.07) is 1.29. The number of nitrogen functional groups attached to an aromatic ring is 1. The maximum absolute atomic E-state index is 13.5. The van der Waals surface area contributed by atoms with Gasteiger partial charge < -0.3 is 11.1 Å². The van der Waals surface area contributed by atoms with Crippen LogP contribution in [0.5, 0.6) is 0 Å². The molecule has 2 heterocycles. The molecular formula is C12H18FN5S. The predicted molar refractivity (Wildman–Crippen MR) is 76.6 cm³/mol. The zero-order valence-corrected chi connectivity index (χ0v) is 11.0. The Morgan fingerprint density at radius 1 is 1.42 bits per heavy atom. The van der Waals surface area contributed by atoms with Crippen molar-refractivity contribution in [2.75, 3.05) is 11.1 Å². The molecule has 0 bridgehead atoms. The molecule has 0 saturated heterocycles. The van der Waals surface area contributed by atoms with Gasteiger partial charge in [0.25, 0.3) is 0 Å². The Bertz CT molecular complexity index is 522. The molecule has 1 unspecified atom stereocenters. The summed E-state index contributed by atoms with van der Waals surface area (Å²) in [7, 11) is 0. The van der Waals surface area contributed by atoms with Crippen molar-refractivity contribution in [3.63, 3.8) is 0 Å². The summed E-state index contributed by atoms with van der Waals surface area (Å²) < 4.78 is 13.5. The van der Waals surface area contributed by atoms with Crippen LogP contribution in [0.3, 0.4) is 0 Å². The smallest absolute Gasteiger partial charge is 0.228 e. The molecule has 5 nitrogen and oxygen atoms in total. The normalized spacial score (nSPS) is 11.7. The summed E-state index contributed by atoms with van der Waals surface area (Å²) in [4.78, 5) is 12.7. The van der Waals surface area contributed by atoms with Gasteiger partial charge in [0.05, 0.1) is 10.9 Å². The number of thiophene rings is 1. The van der Waals surface area contributed by atoms with E-state index in [0.29, 0.717) is 16.6 Å². The van der Waals surface area contributed by atoms with Crippen molar-refractivity contribution in [1.29, 1.82) is 0 Å². The average Bonchev–Trinajstić information content (AvgIpc) is 2.71. The molecule has 1 atom stereocenters. The maximum Gasteiger partial charge on any atom is 0.228 e. The minimum atomic E-state index is -0.210. The zero-order chi connectivity index (χ0) is 13.1. The Labute approximate surface area is 116 Å². The summed E-state index contributed by atoms with van der Waals surface area (Å²) >= 11 is 1.37. The van der Waals surface area contributed by atoms with E-state index in [4.69, 9.17) is 5.73 Å². The van der Waals surface area contributed by atoms with E-state index in [9.17, 15) is 4.39 Å². The Balaban J connectivity index is 0.00000180. The maximum atomic E-state index is 13.5. The molecule has 2 aromatic heterocycles. The third-order valence-electron chi connectivity index (χ3n) is 2.44. The summed E-state index contributed by atoms with van der Waals surface area (Å²) in [6.07, 6.45) is 0.724. The quantitative estimate of drug-likeness (QED) is 0.901. The Morgan fingerprint density at radius 2 is 2.16 bits per heavy atom. The van der Waals surface area contributed by atoms with Gasteiger partial charge in [-0.2, -0.15) is 15.0 Å². The number of nitrogens with one attached hydrogen (secondary N) is 1. The van der Waals surface area contributed by atoms with E-state index in [2.05, 4.69) is 20.3 Å². The van der Waals surface area contributed by atoms with Crippen LogP contribution < -0.4 is 11.1 Å². The number of halogens is 1. The molecule has 0 fully saturated rings. The SMILES string of the molecule is C.CCC(Nc1nc(C)nc(N)n1)c1sccc1F. The Morgan fingerprint density at radius 3 is 2.68 bits per heavy atom. The van der Waals surface area contributed by atoms with Crippen molar-refractivity contribution in [3.8, 4) is 0 Å².